The Labute approximate surface area is 115 Å². The number of fused-ring (bicyclic) bond motifs is 2. The SMILES string of the molecule is NC(=O)c1ccc2c(c1)NCc1c[nH]c3c1C2=CNC3. The van der Waals surface area contributed by atoms with Gasteiger partial charge >= 0.3 is 0 Å². The third kappa shape index (κ3) is 1.46. The highest BCUT2D eigenvalue weighted by Gasteiger charge is 2.24. The Bertz CT molecular complexity index is 757. The number of hydrogen-bond acceptors (Lipinski definition) is 3. The van der Waals surface area contributed by atoms with Gasteiger partial charge in [-0.25, -0.2) is 0 Å². The fourth-order valence-corrected chi connectivity index (χ4v) is 2.94. The topological polar surface area (TPSA) is 82.9 Å². The molecule has 0 spiro atoms. The number of anilines is 1. The fraction of sp³-hybridized carbons (Fsp3) is 0.133. The molecule has 1 aromatic heterocycles. The molecule has 2 aliphatic heterocycles. The molecule has 0 saturated carbocycles. The number of carbonyl (C=O) groups excluding carboxylic acids is 1. The van der Waals surface area contributed by atoms with E-state index in [0.717, 1.165) is 29.9 Å². The summed E-state index contributed by atoms with van der Waals surface area (Å²) in [5.41, 5.74) is 12.8. The van der Waals surface area contributed by atoms with Crippen molar-refractivity contribution >= 4 is 17.2 Å². The van der Waals surface area contributed by atoms with Crippen LogP contribution in [0.5, 0.6) is 0 Å². The lowest BCUT2D eigenvalue weighted by molar-refractivity contribution is 0.100. The largest absolute Gasteiger partial charge is 0.385 e. The second kappa shape index (κ2) is 3.90. The number of H-pyrrole nitrogens is 1. The summed E-state index contributed by atoms with van der Waals surface area (Å²) in [5, 5.41) is 6.67. The zero-order chi connectivity index (χ0) is 13.7. The number of carbonyl (C=O) groups is 1. The molecule has 4 rings (SSSR count). The van der Waals surface area contributed by atoms with Gasteiger partial charge < -0.3 is 21.4 Å². The number of nitrogens with one attached hydrogen (secondary N) is 3. The van der Waals surface area contributed by atoms with E-state index in [9.17, 15) is 4.79 Å². The summed E-state index contributed by atoms with van der Waals surface area (Å²) in [6.07, 6.45) is 4.08. The Morgan fingerprint density at radius 1 is 1.25 bits per heavy atom. The van der Waals surface area contributed by atoms with E-state index in [2.05, 4.69) is 15.6 Å². The number of nitrogens with two attached hydrogens (primary N) is 1. The molecule has 1 aromatic carbocycles. The minimum atomic E-state index is -0.407. The molecular formula is C15H14N4O. The van der Waals surface area contributed by atoms with Gasteiger partial charge in [0, 0.05) is 52.6 Å². The molecule has 5 N–H and O–H groups in total. The molecule has 2 aromatic rings. The maximum absolute atomic E-state index is 11.3. The van der Waals surface area contributed by atoms with E-state index in [0.29, 0.717) is 5.56 Å². The van der Waals surface area contributed by atoms with Crippen LogP contribution in [0.2, 0.25) is 0 Å². The second-order valence-corrected chi connectivity index (χ2v) is 5.08. The van der Waals surface area contributed by atoms with E-state index in [1.54, 1.807) is 6.07 Å². The fourth-order valence-electron chi connectivity index (χ4n) is 2.94. The monoisotopic (exact) mass is 266 g/mol. The Balaban J connectivity index is 1.94. The van der Waals surface area contributed by atoms with E-state index in [1.165, 1.54) is 16.8 Å². The number of amides is 1. The third-order valence-electron chi connectivity index (χ3n) is 3.90. The summed E-state index contributed by atoms with van der Waals surface area (Å²) in [4.78, 5) is 14.6. The summed E-state index contributed by atoms with van der Waals surface area (Å²) >= 11 is 0. The van der Waals surface area contributed by atoms with Gasteiger partial charge in [0.15, 0.2) is 0 Å². The summed E-state index contributed by atoms with van der Waals surface area (Å²) in [6.45, 7) is 1.55. The Morgan fingerprint density at radius 2 is 2.15 bits per heavy atom. The molecule has 3 heterocycles. The lowest BCUT2D eigenvalue weighted by Gasteiger charge is -2.17. The van der Waals surface area contributed by atoms with Gasteiger partial charge in [-0.15, -0.1) is 0 Å². The van der Waals surface area contributed by atoms with Crippen molar-refractivity contribution in [1.29, 1.82) is 0 Å². The molecule has 0 fully saturated rings. The Hall–Kier alpha value is -2.69. The number of rotatable bonds is 1. The number of primary amides is 1. The van der Waals surface area contributed by atoms with Crippen LogP contribution in [0.4, 0.5) is 5.69 Å². The van der Waals surface area contributed by atoms with E-state index in [1.807, 2.05) is 24.5 Å². The molecule has 5 nitrogen and oxygen atoms in total. The van der Waals surface area contributed by atoms with Crippen LogP contribution in [0.25, 0.3) is 5.57 Å². The highest BCUT2D eigenvalue weighted by atomic mass is 16.1. The van der Waals surface area contributed by atoms with Crippen molar-refractivity contribution < 1.29 is 4.79 Å². The lowest BCUT2D eigenvalue weighted by Crippen LogP contribution is -2.14. The molecule has 0 radical (unpaired) electrons. The van der Waals surface area contributed by atoms with Crippen LogP contribution in [-0.2, 0) is 13.1 Å². The van der Waals surface area contributed by atoms with Gasteiger partial charge in [-0.2, -0.15) is 0 Å². The molecule has 1 amide bonds. The van der Waals surface area contributed by atoms with Crippen molar-refractivity contribution in [3.05, 3.63) is 58.5 Å². The third-order valence-corrected chi connectivity index (χ3v) is 3.90. The summed E-state index contributed by atoms with van der Waals surface area (Å²) < 4.78 is 0. The van der Waals surface area contributed by atoms with Gasteiger partial charge in [0.1, 0.15) is 0 Å². The van der Waals surface area contributed by atoms with Crippen molar-refractivity contribution in [3.8, 4) is 0 Å². The Kier molecular flexibility index (Phi) is 2.18. The van der Waals surface area contributed by atoms with Gasteiger partial charge in [0.05, 0.1) is 6.54 Å². The highest BCUT2D eigenvalue weighted by molar-refractivity contribution is 5.97. The molecule has 5 heteroatoms. The van der Waals surface area contributed by atoms with Gasteiger partial charge in [0.2, 0.25) is 5.91 Å². The standard InChI is InChI=1S/C15H14N4O/c16-15(20)8-1-2-10-11-6-17-7-13-14(11)9(5-19-13)4-18-12(10)3-8/h1-3,5-6,17-19H,4,7H2,(H2,16,20). The summed E-state index contributed by atoms with van der Waals surface area (Å²) in [5.74, 6) is -0.407. The normalized spacial score (nSPS) is 15.1. The first-order chi connectivity index (χ1) is 9.74. The Morgan fingerprint density at radius 3 is 3.00 bits per heavy atom. The van der Waals surface area contributed by atoms with Crippen molar-refractivity contribution in [1.82, 2.24) is 10.3 Å². The van der Waals surface area contributed by atoms with Crippen molar-refractivity contribution in [2.75, 3.05) is 5.32 Å². The smallest absolute Gasteiger partial charge is 0.248 e. The summed E-state index contributed by atoms with van der Waals surface area (Å²) in [7, 11) is 0. The molecule has 20 heavy (non-hydrogen) atoms. The zero-order valence-corrected chi connectivity index (χ0v) is 10.8. The summed E-state index contributed by atoms with van der Waals surface area (Å²) in [6, 6.07) is 5.55. The van der Waals surface area contributed by atoms with Gasteiger partial charge in [0.25, 0.3) is 0 Å². The molecule has 0 aliphatic carbocycles. The maximum Gasteiger partial charge on any atom is 0.248 e. The van der Waals surface area contributed by atoms with Gasteiger partial charge in [-0.05, 0) is 17.7 Å². The maximum atomic E-state index is 11.3. The number of benzene rings is 1. The molecule has 0 bridgehead atoms. The minimum absolute atomic E-state index is 0.407. The molecule has 2 aliphatic rings. The van der Waals surface area contributed by atoms with Crippen LogP contribution in [0.3, 0.4) is 0 Å². The first-order valence-electron chi connectivity index (χ1n) is 6.55. The first kappa shape index (κ1) is 11.2. The number of aromatic nitrogens is 1. The van der Waals surface area contributed by atoms with Crippen molar-refractivity contribution in [3.63, 3.8) is 0 Å². The minimum Gasteiger partial charge on any atom is -0.385 e. The number of aromatic amines is 1. The quantitative estimate of drug-likeness (QED) is 0.631. The molecule has 0 saturated heterocycles. The van der Waals surface area contributed by atoms with Crippen LogP contribution in [0.15, 0.2) is 30.6 Å². The second-order valence-electron chi connectivity index (χ2n) is 5.08. The first-order valence-corrected chi connectivity index (χ1v) is 6.55. The van der Waals surface area contributed by atoms with Crippen LogP contribution in [0, 0.1) is 0 Å². The molecular weight excluding hydrogens is 252 g/mol. The van der Waals surface area contributed by atoms with Crippen LogP contribution in [-0.4, -0.2) is 10.9 Å². The van der Waals surface area contributed by atoms with Gasteiger partial charge in [-0.3, -0.25) is 4.79 Å². The van der Waals surface area contributed by atoms with Crippen molar-refractivity contribution in [2.45, 2.75) is 13.1 Å². The average Bonchev–Trinajstić information content (AvgIpc) is 2.80. The predicted octanol–water partition coefficient (Wildman–Crippen LogP) is 1.53. The molecule has 0 atom stereocenters. The van der Waals surface area contributed by atoms with Crippen LogP contribution < -0.4 is 16.4 Å². The molecule has 0 unspecified atom stereocenters. The van der Waals surface area contributed by atoms with Crippen molar-refractivity contribution in [2.24, 2.45) is 5.73 Å². The van der Waals surface area contributed by atoms with E-state index in [-0.39, 0.29) is 0 Å². The van der Waals surface area contributed by atoms with Crippen LogP contribution >= 0.6 is 0 Å². The average molecular weight is 266 g/mol. The van der Waals surface area contributed by atoms with E-state index in [4.69, 9.17) is 5.73 Å². The molecule has 100 valence electrons. The number of hydrogen-bond donors (Lipinski definition) is 4. The van der Waals surface area contributed by atoms with E-state index < -0.39 is 5.91 Å². The zero-order valence-electron chi connectivity index (χ0n) is 10.8. The lowest BCUT2D eigenvalue weighted by atomic mass is 9.93. The highest BCUT2D eigenvalue weighted by Crippen LogP contribution is 2.38. The predicted molar refractivity (Wildman–Crippen MR) is 77.0 cm³/mol. The van der Waals surface area contributed by atoms with Crippen LogP contribution in [0.1, 0.15) is 32.7 Å². The van der Waals surface area contributed by atoms with Gasteiger partial charge in [-0.1, -0.05) is 6.07 Å². The van der Waals surface area contributed by atoms with E-state index >= 15 is 0 Å².